The van der Waals surface area contributed by atoms with E-state index in [0.29, 0.717) is 12.2 Å². The van der Waals surface area contributed by atoms with E-state index in [-0.39, 0.29) is 5.91 Å². The summed E-state index contributed by atoms with van der Waals surface area (Å²) in [6.07, 6.45) is 1.73. The number of rotatable bonds is 7. The van der Waals surface area contributed by atoms with Gasteiger partial charge in [-0.1, -0.05) is 18.2 Å². The smallest absolute Gasteiger partial charge is 0.276 e. The Bertz CT molecular complexity index is 685. The summed E-state index contributed by atoms with van der Waals surface area (Å²) in [6, 6.07) is 13.4. The molecule has 0 atom stereocenters. The third-order valence-corrected chi connectivity index (χ3v) is 4.47. The zero-order chi connectivity index (χ0) is 18.2. The summed E-state index contributed by atoms with van der Waals surface area (Å²) in [4.78, 5) is 21.2. The first-order chi connectivity index (χ1) is 12.8. The van der Waals surface area contributed by atoms with E-state index in [4.69, 9.17) is 4.74 Å². The van der Waals surface area contributed by atoms with Crippen LogP contribution in [0.3, 0.4) is 0 Å². The van der Waals surface area contributed by atoms with Gasteiger partial charge in [-0.15, -0.1) is 0 Å². The van der Waals surface area contributed by atoms with Gasteiger partial charge in [-0.25, -0.2) is 4.98 Å². The van der Waals surface area contributed by atoms with Crippen molar-refractivity contribution in [2.24, 2.45) is 0 Å². The van der Waals surface area contributed by atoms with Crippen LogP contribution in [0, 0.1) is 0 Å². The summed E-state index contributed by atoms with van der Waals surface area (Å²) >= 11 is 0. The molecule has 1 fully saturated rings. The van der Waals surface area contributed by atoms with E-state index in [0.717, 1.165) is 50.8 Å². The van der Waals surface area contributed by atoms with E-state index in [1.165, 1.54) is 0 Å². The third kappa shape index (κ3) is 4.80. The minimum absolute atomic E-state index is 0.0847. The Hall–Kier alpha value is -2.44. The van der Waals surface area contributed by atoms with Crippen LogP contribution < -0.4 is 10.2 Å². The molecule has 26 heavy (non-hydrogen) atoms. The van der Waals surface area contributed by atoms with Crippen LogP contribution in [0.2, 0.25) is 0 Å². The number of benzene rings is 1. The number of ether oxygens (including phenoxy) is 1. The van der Waals surface area contributed by atoms with Crippen molar-refractivity contribution in [3.05, 3.63) is 54.4 Å². The second-order valence-electron chi connectivity index (χ2n) is 6.20. The molecule has 1 N–H and O–H groups in total. The number of morpholine rings is 1. The van der Waals surface area contributed by atoms with Crippen LogP contribution in [-0.4, -0.2) is 61.7 Å². The number of pyridine rings is 1. The SMILES string of the molecule is CCN(C(=O)c1ccc(NCCN2CCOCC2)cn1)c1ccccc1. The Morgan fingerprint density at radius 2 is 1.96 bits per heavy atom. The molecule has 1 aliphatic heterocycles. The molecule has 2 heterocycles. The topological polar surface area (TPSA) is 57.7 Å². The normalized spacial score (nSPS) is 14.8. The maximum Gasteiger partial charge on any atom is 0.276 e. The lowest BCUT2D eigenvalue weighted by Crippen LogP contribution is -2.39. The maximum absolute atomic E-state index is 12.7. The fraction of sp³-hybridized carbons (Fsp3) is 0.400. The number of nitrogens with one attached hydrogen (secondary N) is 1. The summed E-state index contributed by atoms with van der Waals surface area (Å²) in [7, 11) is 0. The molecule has 6 nitrogen and oxygen atoms in total. The molecule has 6 heteroatoms. The number of anilines is 2. The van der Waals surface area contributed by atoms with Crippen LogP contribution in [0.4, 0.5) is 11.4 Å². The lowest BCUT2D eigenvalue weighted by Gasteiger charge is -2.26. The monoisotopic (exact) mass is 354 g/mol. The molecule has 0 saturated carbocycles. The minimum atomic E-state index is -0.0847. The molecule has 1 aromatic heterocycles. The van der Waals surface area contributed by atoms with Gasteiger partial charge in [0.2, 0.25) is 0 Å². The number of hydrogen-bond donors (Lipinski definition) is 1. The lowest BCUT2D eigenvalue weighted by molar-refractivity contribution is 0.0398. The molecule has 0 spiro atoms. The highest BCUT2D eigenvalue weighted by Gasteiger charge is 2.17. The van der Waals surface area contributed by atoms with Crippen molar-refractivity contribution in [2.75, 3.05) is 56.2 Å². The van der Waals surface area contributed by atoms with E-state index in [9.17, 15) is 4.79 Å². The first kappa shape index (κ1) is 18.4. The highest BCUT2D eigenvalue weighted by molar-refractivity contribution is 6.04. The zero-order valence-electron chi connectivity index (χ0n) is 15.2. The summed E-state index contributed by atoms with van der Waals surface area (Å²) in [6.45, 7) is 7.99. The number of aromatic nitrogens is 1. The summed E-state index contributed by atoms with van der Waals surface area (Å²) in [5.41, 5.74) is 2.27. The first-order valence-electron chi connectivity index (χ1n) is 9.15. The van der Waals surface area contributed by atoms with Crippen molar-refractivity contribution in [3.8, 4) is 0 Å². The van der Waals surface area contributed by atoms with Crippen LogP contribution in [-0.2, 0) is 4.74 Å². The van der Waals surface area contributed by atoms with E-state index in [2.05, 4.69) is 15.2 Å². The van der Waals surface area contributed by atoms with E-state index in [1.54, 1.807) is 17.2 Å². The van der Waals surface area contributed by atoms with Gasteiger partial charge < -0.3 is 15.0 Å². The number of amides is 1. The van der Waals surface area contributed by atoms with Crippen LogP contribution in [0.1, 0.15) is 17.4 Å². The van der Waals surface area contributed by atoms with Crippen LogP contribution in [0.5, 0.6) is 0 Å². The van der Waals surface area contributed by atoms with E-state index >= 15 is 0 Å². The molecule has 2 aromatic rings. The van der Waals surface area contributed by atoms with Crippen LogP contribution >= 0.6 is 0 Å². The zero-order valence-corrected chi connectivity index (χ0v) is 15.2. The van der Waals surface area contributed by atoms with Gasteiger partial charge in [-0.2, -0.15) is 0 Å². The van der Waals surface area contributed by atoms with Gasteiger partial charge in [0.1, 0.15) is 5.69 Å². The Balaban J connectivity index is 1.55. The fourth-order valence-electron chi connectivity index (χ4n) is 3.00. The number of carbonyl (C=O) groups excluding carboxylic acids is 1. The molecule has 1 aromatic carbocycles. The van der Waals surface area contributed by atoms with Crippen LogP contribution in [0.25, 0.3) is 0 Å². The highest BCUT2D eigenvalue weighted by Crippen LogP contribution is 2.16. The van der Waals surface area contributed by atoms with Gasteiger partial charge in [0.15, 0.2) is 0 Å². The van der Waals surface area contributed by atoms with Gasteiger partial charge in [0.05, 0.1) is 25.1 Å². The van der Waals surface area contributed by atoms with Crippen molar-refractivity contribution in [2.45, 2.75) is 6.92 Å². The molecule has 1 amide bonds. The summed E-state index contributed by atoms with van der Waals surface area (Å²) in [5, 5.41) is 3.36. The molecule has 0 radical (unpaired) electrons. The second-order valence-corrected chi connectivity index (χ2v) is 6.20. The van der Waals surface area contributed by atoms with Gasteiger partial charge in [0.25, 0.3) is 5.91 Å². The van der Waals surface area contributed by atoms with Gasteiger partial charge >= 0.3 is 0 Å². The lowest BCUT2D eigenvalue weighted by atomic mass is 10.2. The summed E-state index contributed by atoms with van der Waals surface area (Å²) in [5.74, 6) is -0.0847. The Morgan fingerprint density at radius 1 is 1.19 bits per heavy atom. The van der Waals surface area contributed by atoms with E-state index in [1.807, 2.05) is 43.3 Å². The quantitative estimate of drug-likeness (QED) is 0.828. The number of para-hydroxylation sites is 1. The first-order valence-corrected chi connectivity index (χ1v) is 9.15. The molecule has 0 aliphatic carbocycles. The molecule has 1 saturated heterocycles. The van der Waals surface area contributed by atoms with Gasteiger partial charge in [-0.3, -0.25) is 9.69 Å². The highest BCUT2D eigenvalue weighted by atomic mass is 16.5. The number of hydrogen-bond acceptors (Lipinski definition) is 5. The second kappa shape index (κ2) is 9.31. The Morgan fingerprint density at radius 3 is 2.62 bits per heavy atom. The largest absolute Gasteiger partial charge is 0.383 e. The van der Waals surface area contributed by atoms with Crippen molar-refractivity contribution in [1.29, 1.82) is 0 Å². The van der Waals surface area contributed by atoms with Crippen molar-refractivity contribution >= 4 is 17.3 Å². The molecule has 0 unspecified atom stereocenters. The van der Waals surface area contributed by atoms with Crippen molar-refractivity contribution < 1.29 is 9.53 Å². The molecule has 138 valence electrons. The Kier molecular flexibility index (Phi) is 6.57. The predicted molar refractivity (Wildman–Crippen MR) is 104 cm³/mol. The van der Waals surface area contributed by atoms with Crippen molar-refractivity contribution in [3.63, 3.8) is 0 Å². The number of carbonyl (C=O) groups is 1. The van der Waals surface area contributed by atoms with Gasteiger partial charge in [0, 0.05) is 38.4 Å². The van der Waals surface area contributed by atoms with Crippen molar-refractivity contribution in [1.82, 2.24) is 9.88 Å². The molecular formula is C20H26N4O2. The maximum atomic E-state index is 12.7. The Labute approximate surface area is 154 Å². The fourth-order valence-corrected chi connectivity index (χ4v) is 3.00. The molecule has 3 rings (SSSR count). The summed E-state index contributed by atoms with van der Waals surface area (Å²) < 4.78 is 5.35. The van der Waals surface area contributed by atoms with Crippen LogP contribution in [0.15, 0.2) is 48.7 Å². The predicted octanol–water partition coefficient (Wildman–Crippen LogP) is 2.49. The van der Waals surface area contributed by atoms with Gasteiger partial charge in [-0.05, 0) is 31.2 Å². The van der Waals surface area contributed by atoms with E-state index < -0.39 is 0 Å². The molecule has 0 bridgehead atoms. The standard InChI is InChI=1S/C20H26N4O2/c1-2-24(18-6-4-3-5-7-18)20(25)19-9-8-17(16-22-19)21-10-11-23-12-14-26-15-13-23/h3-9,16,21H,2,10-15H2,1H3. The molecule has 1 aliphatic rings. The molecular weight excluding hydrogens is 328 g/mol. The average molecular weight is 354 g/mol. The average Bonchev–Trinajstić information content (AvgIpc) is 2.71. The minimum Gasteiger partial charge on any atom is -0.383 e. The number of nitrogens with zero attached hydrogens (tertiary/aromatic N) is 3. The third-order valence-electron chi connectivity index (χ3n) is 4.47.